The second kappa shape index (κ2) is 8.16. The first-order valence-corrected chi connectivity index (χ1v) is 6.41. The number of aliphatic hydroxyl groups excluding tert-OH is 1. The van der Waals surface area contributed by atoms with E-state index in [0.29, 0.717) is 6.42 Å². The lowest BCUT2D eigenvalue weighted by molar-refractivity contribution is -0.144. The summed E-state index contributed by atoms with van der Waals surface area (Å²) >= 11 is 0. The quantitative estimate of drug-likeness (QED) is 0.790. The molecule has 0 aliphatic carbocycles. The molecule has 6 heteroatoms. The minimum absolute atomic E-state index is 0.0671. The Balaban J connectivity index is 2.66. The molecule has 0 aliphatic heterocycles. The highest BCUT2D eigenvalue weighted by Gasteiger charge is 2.29. The van der Waals surface area contributed by atoms with Gasteiger partial charge in [-0.15, -0.1) is 0 Å². The molecule has 110 valence electrons. The van der Waals surface area contributed by atoms with E-state index in [-0.39, 0.29) is 13.2 Å². The van der Waals surface area contributed by atoms with E-state index in [0.717, 1.165) is 10.5 Å². The van der Waals surface area contributed by atoms with Crippen LogP contribution < -0.4 is 0 Å². The third kappa shape index (κ3) is 4.55. The molecule has 1 atom stereocenters. The van der Waals surface area contributed by atoms with Crippen molar-refractivity contribution in [2.24, 2.45) is 0 Å². The van der Waals surface area contributed by atoms with Gasteiger partial charge in [-0.2, -0.15) is 0 Å². The summed E-state index contributed by atoms with van der Waals surface area (Å²) in [4.78, 5) is 24.0. The maximum Gasteiger partial charge on any atom is 0.410 e. The van der Waals surface area contributed by atoms with Crippen LogP contribution in [0.5, 0.6) is 0 Å². The van der Waals surface area contributed by atoms with Gasteiger partial charge >= 0.3 is 12.1 Å². The molecule has 0 saturated heterocycles. The van der Waals surface area contributed by atoms with Gasteiger partial charge < -0.3 is 14.9 Å². The number of benzene rings is 1. The van der Waals surface area contributed by atoms with Gasteiger partial charge in [0.2, 0.25) is 0 Å². The second-order valence-corrected chi connectivity index (χ2v) is 4.27. The number of carbonyl (C=O) groups excluding carboxylic acids is 1. The number of amides is 1. The normalized spacial score (nSPS) is 11.7. The van der Waals surface area contributed by atoms with Crippen LogP contribution in [-0.2, 0) is 16.1 Å². The van der Waals surface area contributed by atoms with E-state index in [1.165, 1.54) is 0 Å². The zero-order valence-corrected chi connectivity index (χ0v) is 11.4. The van der Waals surface area contributed by atoms with Gasteiger partial charge in [0.25, 0.3) is 0 Å². The first-order valence-electron chi connectivity index (χ1n) is 6.41. The summed E-state index contributed by atoms with van der Waals surface area (Å²) in [6.07, 6.45) is -0.165. The Morgan fingerprint density at radius 3 is 2.45 bits per heavy atom. The van der Waals surface area contributed by atoms with Crippen LogP contribution in [0.25, 0.3) is 0 Å². The Morgan fingerprint density at radius 2 is 1.95 bits per heavy atom. The summed E-state index contributed by atoms with van der Waals surface area (Å²) in [5.41, 5.74) is 0.813. The van der Waals surface area contributed by atoms with E-state index < -0.39 is 24.7 Å². The molecule has 1 amide bonds. The van der Waals surface area contributed by atoms with Crippen LogP contribution in [-0.4, -0.2) is 46.4 Å². The fraction of sp³-hybridized carbons (Fsp3) is 0.429. The molecular weight excluding hydrogens is 262 g/mol. The maximum absolute atomic E-state index is 11.9. The number of aliphatic hydroxyl groups is 1. The Kier molecular flexibility index (Phi) is 6.52. The Bertz CT molecular complexity index is 434. The highest BCUT2D eigenvalue weighted by atomic mass is 16.6. The zero-order chi connectivity index (χ0) is 15.0. The standard InChI is InChI=1S/C14H19NO5/c1-2-8-15(12(9-16)13(17)18)14(19)20-10-11-6-4-3-5-7-11/h3-7,12,16H,2,8-10H2,1H3,(H,17,18). The molecule has 0 aromatic heterocycles. The second-order valence-electron chi connectivity index (χ2n) is 4.27. The molecule has 0 spiro atoms. The third-order valence-electron chi connectivity index (χ3n) is 2.74. The lowest BCUT2D eigenvalue weighted by Gasteiger charge is -2.26. The largest absolute Gasteiger partial charge is 0.480 e. The van der Waals surface area contributed by atoms with Crippen molar-refractivity contribution < 1.29 is 24.5 Å². The summed E-state index contributed by atoms with van der Waals surface area (Å²) in [5.74, 6) is -1.25. The smallest absolute Gasteiger partial charge is 0.410 e. The fourth-order valence-electron chi connectivity index (χ4n) is 1.73. The summed E-state index contributed by atoms with van der Waals surface area (Å²) < 4.78 is 5.09. The van der Waals surface area contributed by atoms with E-state index in [4.69, 9.17) is 14.9 Å². The van der Waals surface area contributed by atoms with Crippen LogP contribution in [0.4, 0.5) is 4.79 Å². The predicted molar refractivity (Wildman–Crippen MR) is 72.1 cm³/mol. The SMILES string of the molecule is CCCN(C(=O)OCc1ccccc1)C(CO)C(=O)O. The monoisotopic (exact) mass is 281 g/mol. The van der Waals surface area contributed by atoms with Gasteiger partial charge in [0.1, 0.15) is 6.61 Å². The average Bonchev–Trinajstić information content (AvgIpc) is 2.45. The number of carbonyl (C=O) groups is 2. The number of rotatable bonds is 7. The molecule has 0 saturated carbocycles. The van der Waals surface area contributed by atoms with Crippen molar-refractivity contribution in [3.05, 3.63) is 35.9 Å². The van der Waals surface area contributed by atoms with E-state index >= 15 is 0 Å². The van der Waals surface area contributed by atoms with E-state index in [1.54, 1.807) is 12.1 Å². The molecule has 2 N–H and O–H groups in total. The first kappa shape index (κ1) is 16.0. The van der Waals surface area contributed by atoms with Gasteiger partial charge in [0.05, 0.1) is 6.61 Å². The average molecular weight is 281 g/mol. The van der Waals surface area contributed by atoms with Crippen LogP contribution >= 0.6 is 0 Å². The van der Waals surface area contributed by atoms with Crippen molar-refractivity contribution in [2.45, 2.75) is 26.0 Å². The molecule has 1 aromatic rings. The molecule has 0 aliphatic rings. The van der Waals surface area contributed by atoms with Gasteiger partial charge in [-0.3, -0.25) is 4.90 Å². The topological polar surface area (TPSA) is 87.1 Å². The van der Waals surface area contributed by atoms with E-state index in [2.05, 4.69) is 0 Å². The van der Waals surface area contributed by atoms with Gasteiger partial charge in [0, 0.05) is 6.54 Å². The molecular formula is C14H19NO5. The predicted octanol–water partition coefficient (Wildman–Crippen LogP) is 1.48. The van der Waals surface area contributed by atoms with E-state index in [1.807, 2.05) is 25.1 Å². The van der Waals surface area contributed by atoms with Crippen molar-refractivity contribution in [1.82, 2.24) is 4.90 Å². The molecule has 1 unspecified atom stereocenters. The number of aliphatic carboxylic acids is 1. The van der Waals surface area contributed by atoms with Gasteiger partial charge in [-0.25, -0.2) is 9.59 Å². The number of ether oxygens (including phenoxy) is 1. The van der Waals surface area contributed by atoms with Crippen molar-refractivity contribution in [1.29, 1.82) is 0 Å². The fourth-order valence-corrected chi connectivity index (χ4v) is 1.73. The lowest BCUT2D eigenvalue weighted by Crippen LogP contribution is -2.47. The maximum atomic E-state index is 11.9. The van der Waals surface area contributed by atoms with Gasteiger partial charge in [-0.1, -0.05) is 37.3 Å². The number of hydrogen-bond donors (Lipinski definition) is 2. The van der Waals surface area contributed by atoms with Crippen LogP contribution in [0.1, 0.15) is 18.9 Å². The van der Waals surface area contributed by atoms with Crippen molar-refractivity contribution in [3.63, 3.8) is 0 Å². The first-order chi connectivity index (χ1) is 9.60. The molecule has 0 radical (unpaired) electrons. The van der Waals surface area contributed by atoms with Crippen molar-refractivity contribution >= 4 is 12.1 Å². The third-order valence-corrected chi connectivity index (χ3v) is 2.74. The van der Waals surface area contributed by atoms with Crippen LogP contribution in [0.2, 0.25) is 0 Å². The molecule has 0 fully saturated rings. The van der Waals surface area contributed by atoms with Gasteiger partial charge in [0.15, 0.2) is 6.04 Å². The summed E-state index contributed by atoms with van der Waals surface area (Å²) in [5, 5.41) is 18.1. The molecule has 0 bridgehead atoms. The number of carboxylic acids is 1. The van der Waals surface area contributed by atoms with E-state index in [9.17, 15) is 9.59 Å². The Morgan fingerprint density at radius 1 is 1.30 bits per heavy atom. The molecule has 6 nitrogen and oxygen atoms in total. The summed E-state index contributed by atoms with van der Waals surface area (Å²) in [7, 11) is 0. The lowest BCUT2D eigenvalue weighted by atomic mass is 10.2. The van der Waals surface area contributed by atoms with Crippen LogP contribution in [0.15, 0.2) is 30.3 Å². The highest BCUT2D eigenvalue weighted by Crippen LogP contribution is 2.08. The Hall–Kier alpha value is -2.08. The number of carboxylic acid groups (broad SMARTS) is 1. The van der Waals surface area contributed by atoms with Crippen LogP contribution in [0, 0.1) is 0 Å². The van der Waals surface area contributed by atoms with Crippen LogP contribution in [0.3, 0.4) is 0 Å². The highest BCUT2D eigenvalue weighted by molar-refractivity contribution is 5.80. The van der Waals surface area contributed by atoms with Crippen molar-refractivity contribution in [3.8, 4) is 0 Å². The molecule has 20 heavy (non-hydrogen) atoms. The molecule has 1 aromatic carbocycles. The molecule has 1 rings (SSSR count). The van der Waals surface area contributed by atoms with Gasteiger partial charge in [-0.05, 0) is 12.0 Å². The molecule has 0 heterocycles. The summed E-state index contributed by atoms with van der Waals surface area (Å²) in [6, 6.07) is 7.82. The summed E-state index contributed by atoms with van der Waals surface area (Å²) in [6.45, 7) is 1.45. The zero-order valence-electron chi connectivity index (χ0n) is 11.4. The van der Waals surface area contributed by atoms with Crippen molar-refractivity contribution in [2.75, 3.05) is 13.2 Å². The number of hydrogen-bond acceptors (Lipinski definition) is 4. The number of nitrogens with zero attached hydrogens (tertiary/aromatic N) is 1. The Labute approximate surface area is 117 Å². The minimum Gasteiger partial charge on any atom is -0.480 e. The minimum atomic E-state index is -1.28.